The van der Waals surface area contributed by atoms with Gasteiger partial charge in [0.1, 0.15) is 10.8 Å². The van der Waals surface area contributed by atoms with Gasteiger partial charge >= 0.3 is 5.97 Å². The van der Waals surface area contributed by atoms with Crippen LogP contribution in [0.25, 0.3) is 10.6 Å². The highest BCUT2D eigenvalue weighted by Gasteiger charge is 2.30. The van der Waals surface area contributed by atoms with Crippen molar-refractivity contribution in [2.24, 2.45) is 0 Å². The number of thiazole rings is 1. The minimum absolute atomic E-state index is 0.268. The zero-order valence-electron chi connectivity index (χ0n) is 11.0. The van der Waals surface area contributed by atoms with Crippen molar-refractivity contribution in [3.8, 4) is 10.6 Å². The van der Waals surface area contributed by atoms with Gasteiger partial charge in [-0.15, -0.1) is 11.3 Å². The number of carboxylic acids is 1. The summed E-state index contributed by atoms with van der Waals surface area (Å²) < 4.78 is 13.2. The third-order valence-electron chi connectivity index (χ3n) is 3.67. The van der Waals surface area contributed by atoms with Gasteiger partial charge in [-0.2, -0.15) is 0 Å². The third-order valence-corrected chi connectivity index (χ3v) is 4.84. The second-order valence-corrected chi connectivity index (χ2v) is 6.15. The van der Waals surface area contributed by atoms with E-state index in [1.165, 1.54) is 23.5 Å². The summed E-state index contributed by atoms with van der Waals surface area (Å²) in [5.41, 5.74) is 2.41. The van der Waals surface area contributed by atoms with E-state index in [1.807, 2.05) is 6.92 Å². The van der Waals surface area contributed by atoms with Gasteiger partial charge in [0, 0.05) is 10.4 Å². The number of halogens is 1. The first kappa shape index (κ1) is 13.2. The molecule has 1 N–H and O–H groups in total. The van der Waals surface area contributed by atoms with Crippen molar-refractivity contribution < 1.29 is 14.3 Å². The average Bonchev–Trinajstić information content (AvgIpc) is 2.81. The molecular weight excluding hydrogens is 277 g/mol. The van der Waals surface area contributed by atoms with E-state index in [0.29, 0.717) is 12.1 Å². The Balaban J connectivity index is 2.07. The molecule has 1 aliphatic carbocycles. The number of aromatic nitrogens is 1. The molecule has 1 unspecified atom stereocenters. The smallest absolute Gasteiger partial charge is 0.312 e. The van der Waals surface area contributed by atoms with Crippen molar-refractivity contribution >= 4 is 17.3 Å². The topological polar surface area (TPSA) is 50.2 Å². The lowest BCUT2D eigenvalue weighted by Gasteiger charge is -2.16. The first-order valence-electron chi connectivity index (χ1n) is 6.55. The maximum Gasteiger partial charge on any atom is 0.312 e. The van der Waals surface area contributed by atoms with Gasteiger partial charge in [-0.05, 0) is 49.9 Å². The number of nitrogens with zero attached hydrogens (tertiary/aromatic N) is 1. The van der Waals surface area contributed by atoms with Gasteiger partial charge in [-0.3, -0.25) is 4.79 Å². The quantitative estimate of drug-likeness (QED) is 0.916. The Morgan fingerprint density at radius 3 is 3.00 bits per heavy atom. The predicted molar refractivity (Wildman–Crippen MR) is 75.6 cm³/mol. The summed E-state index contributed by atoms with van der Waals surface area (Å²) >= 11 is 1.53. The number of fused-ring (bicyclic) bond motifs is 1. The molecule has 0 fully saturated rings. The lowest BCUT2D eigenvalue weighted by Crippen LogP contribution is -2.17. The van der Waals surface area contributed by atoms with Crippen LogP contribution < -0.4 is 0 Å². The summed E-state index contributed by atoms with van der Waals surface area (Å²) in [5, 5.41) is 10.1. The Morgan fingerprint density at radius 1 is 1.50 bits per heavy atom. The zero-order valence-corrected chi connectivity index (χ0v) is 11.8. The van der Waals surface area contributed by atoms with Gasteiger partial charge in [0.15, 0.2) is 0 Å². The predicted octanol–water partition coefficient (Wildman–Crippen LogP) is 3.76. The third kappa shape index (κ3) is 2.22. The van der Waals surface area contributed by atoms with Gasteiger partial charge in [-0.25, -0.2) is 9.37 Å². The SMILES string of the molecule is Cc1cc(F)ccc1-c1nc2c(s1)CCCC2C(=O)O. The molecule has 2 aromatic rings. The van der Waals surface area contributed by atoms with E-state index in [4.69, 9.17) is 0 Å². The lowest BCUT2D eigenvalue weighted by atomic mass is 9.91. The fraction of sp³-hybridized carbons (Fsp3) is 0.333. The molecule has 0 amide bonds. The van der Waals surface area contributed by atoms with Crippen LogP contribution in [0.3, 0.4) is 0 Å². The Kier molecular flexibility index (Phi) is 3.30. The molecule has 1 aliphatic rings. The number of aryl methyl sites for hydroxylation is 2. The van der Waals surface area contributed by atoms with Crippen LogP contribution in [0.15, 0.2) is 18.2 Å². The van der Waals surface area contributed by atoms with E-state index < -0.39 is 11.9 Å². The highest BCUT2D eigenvalue weighted by molar-refractivity contribution is 7.15. The van der Waals surface area contributed by atoms with Crippen LogP contribution in [0.1, 0.15) is 34.9 Å². The molecule has 0 bridgehead atoms. The molecule has 0 aliphatic heterocycles. The Morgan fingerprint density at radius 2 is 2.30 bits per heavy atom. The van der Waals surface area contributed by atoms with Crippen molar-refractivity contribution in [1.82, 2.24) is 4.98 Å². The number of benzene rings is 1. The second-order valence-electron chi connectivity index (χ2n) is 5.07. The summed E-state index contributed by atoms with van der Waals surface area (Å²) in [4.78, 5) is 16.9. The van der Waals surface area contributed by atoms with E-state index >= 15 is 0 Å². The number of carboxylic acid groups (broad SMARTS) is 1. The average molecular weight is 291 g/mol. The molecule has 1 aromatic heterocycles. The van der Waals surface area contributed by atoms with E-state index in [2.05, 4.69) is 4.98 Å². The standard InChI is InChI=1S/C15H14FNO2S/c1-8-7-9(16)5-6-10(8)14-17-13-11(15(18)19)3-2-4-12(13)20-14/h5-7,11H,2-4H2,1H3,(H,18,19). The zero-order chi connectivity index (χ0) is 14.3. The fourth-order valence-corrected chi connectivity index (χ4v) is 3.90. The molecule has 104 valence electrons. The number of hydrogen-bond acceptors (Lipinski definition) is 3. The number of carbonyl (C=O) groups is 1. The van der Waals surface area contributed by atoms with Gasteiger partial charge in [0.05, 0.1) is 11.6 Å². The largest absolute Gasteiger partial charge is 0.481 e. The Labute approximate surface area is 120 Å². The van der Waals surface area contributed by atoms with Crippen molar-refractivity contribution in [3.63, 3.8) is 0 Å². The van der Waals surface area contributed by atoms with Crippen molar-refractivity contribution in [1.29, 1.82) is 0 Å². The molecule has 3 nitrogen and oxygen atoms in total. The number of aliphatic carboxylic acids is 1. The molecule has 3 rings (SSSR count). The van der Waals surface area contributed by atoms with Crippen molar-refractivity contribution in [2.75, 3.05) is 0 Å². The molecule has 0 saturated carbocycles. The summed E-state index contributed by atoms with van der Waals surface area (Å²) in [6, 6.07) is 4.60. The molecule has 0 radical (unpaired) electrons. The van der Waals surface area contributed by atoms with Crippen molar-refractivity contribution in [2.45, 2.75) is 32.1 Å². The van der Waals surface area contributed by atoms with Gasteiger partial charge in [-0.1, -0.05) is 0 Å². The van der Waals surface area contributed by atoms with E-state index in [1.54, 1.807) is 6.07 Å². The van der Waals surface area contributed by atoms with Crippen LogP contribution >= 0.6 is 11.3 Å². The molecule has 1 atom stereocenters. The minimum atomic E-state index is -0.807. The number of hydrogen-bond donors (Lipinski definition) is 1. The lowest BCUT2D eigenvalue weighted by molar-refractivity contribution is -0.139. The van der Waals surface area contributed by atoms with Gasteiger partial charge in [0.25, 0.3) is 0 Å². The highest BCUT2D eigenvalue weighted by atomic mass is 32.1. The molecule has 1 aromatic carbocycles. The van der Waals surface area contributed by atoms with E-state index in [0.717, 1.165) is 33.9 Å². The maximum atomic E-state index is 13.2. The van der Waals surface area contributed by atoms with Crippen molar-refractivity contribution in [3.05, 3.63) is 40.2 Å². The normalized spacial score (nSPS) is 17.8. The summed E-state index contributed by atoms with van der Waals surface area (Å²) in [5.74, 6) is -1.57. The van der Waals surface area contributed by atoms with Crippen LogP contribution in [-0.4, -0.2) is 16.1 Å². The van der Waals surface area contributed by atoms with Gasteiger partial charge < -0.3 is 5.11 Å². The fourth-order valence-electron chi connectivity index (χ4n) is 2.64. The van der Waals surface area contributed by atoms with E-state index in [9.17, 15) is 14.3 Å². The van der Waals surface area contributed by atoms with Crippen LogP contribution in [0.2, 0.25) is 0 Å². The maximum absolute atomic E-state index is 13.2. The van der Waals surface area contributed by atoms with Crippen LogP contribution in [0.5, 0.6) is 0 Å². The highest BCUT2D eigenvalue weighted by Crippen LogP contribution is 2.39. The molecule has 0 spiro atoms. The Bertz CT molecular complexity index is 681. The summed E-state index contributed by atoms with van der Waals surface area (Å²) in [6.45, 7) is 1.84. The number of rotatable bonds is 2. The van der Waals surface area contributed by atoms with E-state index in [-0.39, 0.29) is 5.82 Å². The van der Waals surface area contributed by atoms with Crippen LogP contribution in [0, 0.1) is 12.7 Å². The van der Waals surface area contributed by atoms with Gasteiger partial charge in [0.2, 0.25) is 0 Å². The monoisotopic (exact) mass is 291 g/mol. The molecule has 5 heteroatoms. The second kappa shape index (κ2) is 4.98. The van der Waals surface area contributed by atoms with Crippen LogP contribution in [-0.2, 0) is 11.2 Å². The molecule has 1 heterocycles. The molecule has 0 saturated heterocycles. The molecular formula is C15H14FNO2S. The first-order valence-corrected chi connectivity index (χ1v) is 7.37. The molecule has 20 heavy (non-hydrogen) atoms. The summed E-state index contributed by atoms with van der Waals surface area (Å²) in [6.07, 6.45) is 2.42. The first-order chi connectivity index (χ1) is 9.56. The van der Waals surface area contributed by atoms with Crippen LogP contribution in [0.4, 0.5) is 4.39 Å². The minimum Gasteiger partial charge on any atom is -0.481 e. The summed E-state index contributed by atoms with van der Waals surface area (Å²) in [7, 11) is 0. The Hall–Kier alpha value is -1.75.